The molecular weight excluding hydrogens is 236 g/mol. The summed E-state index contributed by atoms with van der Waals surface area (Å²) < 4.78 is 6.33. The maximum atomic E-state index is 10.7. The van der Waals surface area contributed by atoms with Crippen molar-refractivity contribution >= 4 is 0 Å². The molecule has 112 valence electrons. The highest BCUT2D eigenvalue weighted by Crippen LogP contribution is 2.55. The van der Waals surface area contributed by atoms with E-state index in [0.29, 0.717) is 5.92 Å². The molecule has 2 aliphatic carbocycles. The molecule has 0 radical (unpaired) electrons. The van der Waals surface area contributed by atoms with E-state index in [9.17, 15) is 5.11 Å². The topological polar surface area (TPSA) is 29.5 Å². The van der Waals surface area contributed by atoms with Gasteiger partial charge >= 0.3 is 0 Å². The van der Waals surface area contributed by atoms with Crippen LogP contribution in [0.2, 0.25) is 0 Å². The Morgan fingerprint density at radius 2 is 1.84 bits per heavy atom. The Morgan fingerprint density at radius 3 is 2.21 bits per heavy atom. The summed E-state index contributed by atoms with van der Waals surface area (Å²) in [6.45, 7) is 13.0. The summed E-state index contributed by atoms with van der Waals surface area (Å²) in [7, 11) is 0. The van der Waals surface area contributed by atoms with Gasteiger partial charge in [0.05, 0.1) is 5.60 Å². The number of hydrogen-bond acceptors (Lipinski definition) is 2. The van der Waals surface area contributed by atoms with E-state index in [-0.39, 0.29) is 16.4 Å². The van der Waals surface area contributed by atoms with Crippen LogP contribution in [0, 0.1) is 22.7 Å². The van der Waals surface area contributed by atoms with Gasteiger partial charge in [0.1, 0.15) is 0 Å². The lowest BCUT2D eigenvalue weighted by molar-refractivity contribution is -0.263. The van der Waals surface area contributed by atoms with Crippen molar-refractivity contribution in [3.05, 3.63) is 0 Å². The van der Waals surface area contributed by atoms with Crippen molar-refractivity contribution in [3.8, 4) is 0 Å². The second-order valence-corrected chi connectivity index (χ2v) is 8.44. The Hall–Kier alpha value is -0.0800. The van der Waals surface area contributed by atoms with Crippen LogP contribution in [0.5, 0.6) is 0 Å². The second-order valence-electron chi connectivity index (χ2n) is 8.44. The molecular formula is C17H32O2. The monoisotopic (exact) mass is 268 g/mol. The lowest BCUT2D eigenvalue weighted by Gasteiger charge is -2.47. The standard InChI is InChI=1S/C17H32O2/c1-7-17(11-12-8-9-13(17)10-12)19-14(18)16(5,6)15(2,3)4/h12-14,18H,7-11H2,1-6H3. The molecule has 4 atom stereocenters. The zero-order chi connectivity index (χ0) is 14.5. The van der Waals surface area contributed by atoms with Gasteiger partial charge in [-0.2, -0.15) is 0 Å². The summed E-state index contributed by atoms with van der Waals surface area (Å²) in [6.07, 6.45) is 5.50. The van der Waals surface area contributed by atoms with E-state index < -0.39 is 6.29 Å². The lowest BCUT2D eigenvalue weighted by Crippen LogP contribution is -2.49. The molecule has 2 fully saturated rings. The quantitative estimate of drug-likeness (QED) is 0.768. The molecule has 2 bridgehead atoms. The summed E-state index contributed by atoms with van der Waals surface area (Å²) in [6, 6.07) is 0. The molecule has 0 aromatic rings. The second kappa shape index (κ2) is 4.73. The van der Waals surface area contributed by atoms with Crippen LogP contribution in [0.1, 0.15) is 73.6 Å². The third kappa shape index (κ3) is 2.47. The Labute approximate surface area is 118 Å². The summed E-state index contributed by atoms with van der Waals surface area (Å²) >= 11 is 0. The molecule has 2 saturated carbocycles. The largest absolute Gasteiger partial charge is 0.367 e. The number of rotatable bonds is 4. The van der Waals surface area contributed by atoms with E-state index in [0.717, 1.165) is 18.8 Å². The first-order valence-corrected chi connectivity index (χ1v) is 7.98. The van der Waals surface area contributed by atoms with Crippen molar-refractivity contribution in [1.29, 1.82) is 0 Å². The van der Waals surface area contributed by atoms with Crippen molar-refractivity contribution in [3.63, 3.8) is 0 Å². The van der Waals surface area contributed by atoms with Gasteiger partial charge in [0.25, 0.3) is 0 Å². The third-order valence-electron chi connectivity index (χ3n) is 6.41. The summed E-state index contributed by atoms with van der Waals surface area (Å²) in [4.78, 5) is 0. The molecule has 0 aromatic carbocycles. The molecule has 4 unspecified atom stereocenters. The van der Waals surface area contributed by atoms with Crippen LogP contribution in [0.4, 0.5) is 0 Å². The van der Waals surface area contributed by atoms with Crippen molar-refractivity contribution in [2.75, 3.05) is 0 Å². The predicted molar refractivity (Wildman–Crippen MR) is 78.8 cm³/mol. The van der Waals surface area contributed by atoms with Gasteiger partial charge in [-0.15, -0.1) is 0 Å². The lowest BCUT2D eigenvalue weighted by atomic mass is 9.68. The molecule has 2 heteroatoms. The highest BCUT2D eigenvalue weighted by Gasteiger charge is 2.53. The van der Waals surface area contributed by atoms with Crippen LogP contribution in [0.3, 0.4) is 0 Å². The molecule has 0 heterocycles. The zero-order valence-electron chi connectivity index (χ0n) is 13.6. The van der Waals surface area contributed by atoms with E-state index in [1.165, 1.54) is 19.3 Å². The average Bonchev–Trinajstić information content (AvgIpc) is 2.87. The number of ether oxygens (including phenoxy) is 1. The summed E-state index contributed by atoms with van der Waals surface area (Å²) in [5, 5.41) is 10.7. The molecule has 0 amide bonds. The molecule has 19 heavy (non-hydrogen) atoms. The first-order chi connectivity index (χ1) is 8.62. The number of aliphatic hydroxyl groups excluding tert-OH is 1. The van der Waals surface area contributed by atoms with Crippen molar-refractivity contribution in [2.24, 2.45) is 22.7 Å². The van der Waals surface area contributed by atoms with Crippen LogP contribution in [-0.4, -0.2) is 17.0 Å². The van der Waals surface area contributed by atoms with Crippen LogP contribution < -0.4 is 0 Å². The highest BCUT2D eigenvalue weighted by molar-refractivity contribution is 5.02. The number of fused-ring (bicyclic) bond motifs is 2. The van der Waals surface area contributed by atoms with Crippen LogP contribution in [0.15, 0.2) is 0 Å². The fourth-order valence-electron chi connectivity index (χ4n) is 3.79. The molecule has 0 spiro atoms. The number of hydrogen-bond donors (Lipinski definition) is 1. The van der Waals surface area contributed by atoms with Crippen LogP contribution in [-0.2, 0) is 4.74 Å². The molecule has 0 aromatic heterocycles. The van der Waals surface area contributed by atoms with Gasteiger partial charge in [0.15, 0.2) is 6.29 Å². The predicted octanol–water partition coefficient (Wildman–Crippen LogP) is 4.36. The van der Waals surface area contributed by atoms with E-state index >= 15 is 0 Å². The SMILES string of the molecule is CCC1(OC(O)C(C)(C)C(C)(C)C)CC2CCC1C2. The maximum absolute atomic E-state index is 10.7. The first-order valence-electron chi connectivity index (χ1n) is 7.98. The molecule has 0 aliphatic heterocycles. The van der Waals surface area contributed by atoms with Crippen molar-refractivity contribution in [2.45, 2.75) is 85.5 Å². The van der Waals surface area contributed by atoms with Gasteiger partial charge in [-0.3, -0.25) is 0 Å². The molecule has 1 N–H and O–H groups in total. The van der Waals surface area contributed by atoms with Gasteiger partial charge in [-0.1, -0.05) is 41.5 Å². The smallest absolute Gasteiger partial charge is 0.160 e. The minimum atomic E-state index is -0.674. The molecule has 0 saturated heterocycles. The van der Waals surface area contributed by atoms with Gasteiger partial charge in [0.2, 0.25) is 0 Å². The van der Waals surface area contributed by atoms with Crippen molar-refractivity contribution < 1.29 is 9.84 Å². The highest BCUT2D eigenvalue weighted by atomic mass is 16.6. The first kappa shape index (κ1) is 15.3. The van der Waals surface area contributed by atoms with E-state index in [1.54, 1.807) is 0 Å². The minimum Gasteiger partial charge on any atom is -0.367 e. The van der Waals surface area contributed by atoms with Gasteiger partial charge in [-0.25, -0.2) is 0 Å². The van der Waals surface area contributed by atoms with Crippen LogP contribution >= 0.6 is 0 Å². The average molecular weight is 268 g/mol. The number of aliphatic hydroxyl groups is 1. The Morgan fingerprint density at radius 1 is 1.21 bits per heavy atom. The third-order valence-corrected chi connectivity index (χ3v) is 6.41. The summed E-state index contributed by atoms with van der Waals surface area (Å²) in [5.74, 6) is 1.52. The van der Waals surface area contributed by atoms with Crippen LogP contribution in [0.25, 0.3) is 0 Å². The maximum Gasteiger partial charge on any atom is 0.160 e. The molecule has 2 nitrogen and oxygen atoms in total. The minimum absolute atomic E-state index is 0.0268. The fourth-order valence-corrected chi connectivity index (χ4v) is 3.79. The van der Waals surface area contributed by atoms with Gasteiger partial charge in [-0.05, 0) is 49.4 Å². The van der Waals surface area contributed by atoms with E-state index in [2.05, 4.69) is 41.5 Å². The summed E-state index contributed by atoms with van der Waals surface area (Å²) in [5.41, 5.74) is -0.263. The fraction of sp³-hybridized carbons (Fsp3) is 1.00. The van der Waals surface area contributed by atoms with Crippen molar-refractivity contribution in [1.82, 2.24) is 0 Å². The Bertz CT molecular complexity index is 329. The molecule has 2 rings (SSSR count). The van der Waals surface area contributed by atoms with Gasteiger partial charge in [0, 0.05) is 5.41 Å². The van der Waals surface area contributed by atoms with E-state index in [1.807, 2.05) is 0 Å². The normalized spacial score (nSPS) is 36.8. The Kier molecular flexibility index (Phi) is 3.81. The van der Waals surface area contributed by atoms with E-state index in [4.69, 9.17) is 4.74 Å². The molecule has 2 aliphatic rings. The van der Waals surface area contributed by atoms with Gasteiger partial charge < -0.3 is 9.84 Å². The zero-order valence-corrected chi connectivity index (χ0v) is 13.6. The Balaban J connectivity index is 2.11.